The largest absolute Gasteiger partial charge is 0.463 e. The van der Waals surface area contributed by atoms with Crippen LogP contribution in [0, 0.1) is 0 Å². The number of hydrogen-bond acceptors (Lipinski definition) is 4. The second-order valence-electron chi connectivity index (χ2n) is 3.16. The van der Waals surface area contributed by atoms with Gasteiger partial charge in [-0.05, 0) is 25.1 Å². The van der Waals surface area contributed by atoms with Crippen LogP contribution in [0.25, 0.3) is 0 Å². The van der Waals surface area contributed by atoms with Crippen molar-refractivity contribution in [2.45, 2.75) is 18.6 Å². The van der Waals surface area contributed by atoms with Gasteiger partial charge >= 0.3 is 5.97 Å². The van der Waals surface area contributed by atoms with Gasteiger partial charge in [-0.15, -0.1) is 0 Å². The van der Waals surface area contributed by atoms with Gasteiger partial charge in [0.15, 0.2) is 6.21 Å². The van der Waals surface area contributed by atoms with Crippen molar-refractivity contribution in [3.05, 3.63) is 11.1 Å². The highest BCUT2D eigenvalue weighted by molar-refractivity contribution is 8.04. The Labute approximate surface area is 93.6 Å². The molecule has 1 aliphatic rings. The standard InChI is InChI=1S/C10H16NO3S/c1-3-14-10(13)6-9-11(2)7-8(15-9)4-5-12/h6-8,12H,3-5H2,1-2H3/q+1/b9-6-. The number of aliphatic hydroxyl groups is 1. The van der Waals surface area contributed by atoms with E-state index in [0.717, 1.165) is 5.03 Å². The summed E-state index contributed by atoms with van der Waals surface area (Å²) in [5.74, 6) is -0.315. The van der Waals surface area contributed by atoms with Gasteiger partial charge in [0, 0.05) is 6.61 Å². The van der Waals surface area contributed by atoms with Gasteiger partial charge in [-0.1, -0.05) is 0 Å². The maximum absolute atomic E-state index is 11.2. The highest BCUT2D eigenvalue weighted by Gasteiger charge is 2.27. The number of rotatable bonds is 4. The minimum absolute atomic E-state index is 0.161. The Balaban J connectivity index is 2.59. The van der Waals surface area contributed by atoms with Crippen LogP contribution < -0.4 is 0 Å². The predicted molar refractivity (Wildman–Crippen MR) is 60.0 cm³/mol. The Morgan fingerprint density at radius 3 is 3.13 bits per heavy atom. The Kier molecular flexibility index (Phi) is 4.84. The molecule has 0 aliphatic carbocycles. The lowest BCUT2D eigenvalue weighted by Crippen LogP contribution is -2.06. The Morgan fingerprint density at radius 2 is 2.53 bits per heavy atom. The maximum Gasteiger partial charge on any atom is 0.338 e. The lowest BCUT2D eigenvalue weighted by atomic mass is 10.3. The van der Waals surface area contributed by atoms with Crippen LogP contribution in [-0.4, -0.2) is 47.4 Å². The van der Waals surface area contributed by atoms with E-state index < -0.39 is 0 Å². The minimum atomic E-state index is -0.315. The van der Waals surface area contributed by atoms with E-state index in [-0.39, 0.29) is 17.8 Å². The van der Waals surface area contributed by atoms with Crippen LogP contribution in [0.1, 0.15) is 13.3 Å². The molecule has 4 nitrogen and oxygen atoms in total. The van der Waals surface area contributed by atoms with E-state index in [1.54, 1.807) is 18.7 Å². The van der Waals surface area contributed by atoms with Crippen molar-refractivity contribution < 1.29 is 19.2 Å². The fraction of sp³-hybridized carbons (Fsp3) is 0.600. The van der Waals surface area contributed by atoms with Gasteiger partial charge in [0.2, 0.25) is 5.03 Å². The SMILES string of the molecule is CCOC(=O)/C=C1\SC(CCO)C=[N+]1C. The molecule has 0 saturated carbocycles. The van der Waals surface area contributed by atoms with E-state index in [2.05, 4.69) is 0 Å². The van der Waals surface area contributed by atoms with Crippen LogP contribution in [0.3, 0.4) is 0 Å². The summed E-state index contributed by atoms with van der Waals surface area (Å²) in [6.07, 6.45) is 4.18. The summed E-state index contributed by atoms with van der Waals surface area (Å²) in [4.78, 5) is 11.2. The second-order valence-corrected chi connectivity index (χ2v) is 4.42. The molecule has 5 heteroatoms. The third kappa shape index (κ3) is 3.68. The molecular weight excluding hydrogens is 214 g/mol. The van der Waals surface area contributed by atoms with Crippen LogP contribution in [0.2, 0.25) is 0 Å². The van der Waals surface area contributed by atoms with Crippen molar-refractivity contribution in [2.75, 3.05) is 20.3 Å². The summed E-state index contributed by atoms with van der Waals surface area (Å²) in [6, 6.07) is 0. The molecule has 0 aromatic carbocycles. The van der Waals surface area contributed by atoms with E-state index in [4.69, 9.17) is 9.84 Å². The summed E-state index contributed by atoms with van der Waals surface area (Å²) in [6.45, 7) is 2.33. The monoisotopic (exact) mass is 230 g/mol. The summed E-state index contributed by atoms with van der Waals surface area (Å²) < 4.78 is 6.72. The zero-order chi connectivity index (χ0) is 11.3. The third-order valence-corrected chi connectivity index (χ3v) is 3.26. The molecule has 1 N–H and O–H groups in total. The van der Waals surface area contributed by atoms with Crippen molar-refractivity contribution in [3.63, 3.8) is 0 Å². The van der Waals surface area contributed by atoms with E-state index in [0.29, 0.717) is 13.0 Å². The third-order valence-electron chi connectivity index (χ3n) is 1.95. The molecule has 0 fully saturated rings. The van der Waals surface area contributed by atoms with Gasteiger partial charge < -0.3 is 9.84 Å². The first-order valence-electron chi connectivity index (χ1n) is 4.91. The lowest BCUT2D eigenvalue weighted by molar-refractivity contribution is -0.422. The van der Waals surface area contributed by atoms with Gasteiger partial charge in [-0.2, -0.15) is 4.58 Å². The van der Waals surface area contributed by atoms with E-state index in [1.807, 2.05) is 17.8 Å². The van der Waals surface area contributed by atoms with E-state index in [9.17, 15) is 4.79 Å². The molecule has 0 spiro atoms. The summed E-state index contributed by atoms with van der Waals surface area (Å²) >= 11 is 1.57. The first-order chi connectivity index (χ1) is 7.17. The minimum Gasteiger partial charge on any atom is -0.463 e. The molecule has 15 heavy (non-hydrogen) atoms. The van der Waals surface area contributed by atoms with Crippen LogP contribution >= 0.6 is 11.8 Å². The first kappa shape index (κ1) is 12.3. The Hall–Kier alpha value is -0.810. The molecule has 1 rings (SSSR count). The lowest BCUT2D eigenvalue weighted by Gasteiger charge is -1.98. The quantitative estimate of drug-likeness (QED) is 0.436. The highest BCUT2D eigenvalue weighted by atomic mass is 32.2. The van der Waals surface area contributed by atoms with E-state index in [1.165, 1.54) is 6.08 Å². The average molecular weight is 230 g/mol. The average Bonchev–Trinajstić information content (AvgIpc) is 2.48. The maximum atomic E-state index is 11.2. The molecule has 1 aliphatic heterocycles. The van der Waals surface area contributed by atoms with E-state index >= 15 is 0 Å². The Bertz CT molecular complexity index is 299. The summed E-state index contributed by atoms with van der Waals surface area (Å²) in [7, 11) is 1.88. The van der Waals surface area contributed by atoms with Crippen molar-refractivity contribution in [2.24, 2.45) is 0 Å². The van der Waals surface area contributed by atoms with Crippen LogP contribution in [0.15, 0.2) is 11.1 Å². The van der Waals surface area contributed by atoms with Crippen LogP contribution in [0.5, 0.6) is 0 Å². The molecule has 0 amide bonds. The molecule has 0 saturated heterocycles. The number of thioether (sulfide) groups is 1. The van der Waals surface area contributed by atoms with Crippen molar-refractivity contribution in [1.29, 1.82) is 0 Å². The van der Waals surface area contributed by atoms with Crippen molar-refractivity contribution >= 4 is 23.9 Å². The fourth-order valence-corrected chi connectivity index (χ4v) is 2.44. The van der Waals surface area contributed by atoms with Gasteiger partial charge in [-0.3, -0.25) is 0 Å². The second kappa shape index (κ2) is 5.92. The predicted octanol–water partition coefficient (Wildman–Crippen LogP) is 0.602. The van der Waals surface area contributed by atoms with Gasteiger partial charge in [0.05, 0.1) is 11.9 Å². The van der Waals surface area contributed by atoms with Crippen LogP contribution in [-0.2, 0) is 9.53 Å². The summed E-state index contributed by atoms with van der Waals surface area (Å²) in [5.41, 5.74) is 0. The number of esters is 1. The molecule has 1 heterocycles. The molecule has 0 aromatic rings. The number of carbonyl (C=O) groups excluding carboxylic acids is 1. The molecule has 84 valence electrons. The number of hydrogen-bond donors (Lipinski definition) is 1. The van der Waals surface area contributed by atoms with Crippen molar-refractivity contribution in [3.8, 4) is 0 Å². The summed E-state index contributed by atoms with van der Waals surface area (Å²) in [5, 5.41) is 9.92. The number of nitrogens with zero attached hydrogens (tertiary/aromatic N) is 1. The Morgan fingerprint density at radius 1 is 1.80 bits per heavy atom. The van der Waals surface area contributed by atoms with Crippen LogP contribution in [0.4, 0.5) is 0 Å². The topological polar surface area (TPSA) is 49.5 Å². The molecule has 1 atom stereocenters. The molecule has 0 radical (unpaired) electrons. The molecular formula is C10H16NO3S+. The number of aliphatic hydroxyl groups excluding tert-OH is 1. The molecule has 0 aromatic heterocycles. The van der Waals surface area contributed by atoms with Gasteiger partial charge in [0.25, 0.3) is 0 Å². The zero-order valence-electron chi connectivity index (χ0n) is 8.97. The number of ether oxygens (including phenoxy) is 1. The highest BCUT2D eigenvalue weighted by Crippen LogP contribution is 2.28. The molecule has 1 unspecified atom stereocenters. The van der Waals surface area contributed by atoms with Crippen molar-refractivity contribution in [1.82, 2.24) is 0 Å². The fourth-order valence-electron chi connectivity index (χ4n) is 1.27. The molecule has 0 bridgehead atoms. The van der Waals surface area contributed by atoms with Gasteiger partial charge in [-0.25, -0.2) is 4.79 Å². The van der Waals surface area contributed by atoms with Gasteiger partial charge in [0.1, 0.15) is 13.1 Å². The smallest absolute Gasteiger partial charge is 0.338 e. The first-order valence-corrected chi connectivity index (χ1v) is 5.79. The zero-order valence-corrected chi connectivity index (χ0v) is 9.79. The normalized spacial score (nSPS) is 23.0. The number of carbonyl (C=O) groups is 1.